The van der Waals surface area contributed by atoms with Crippen LogP contribution in [-0.4, -0.2) is 15.8 Å². The van der Waals surface area contributed by atoms with Crippen LogP contribution in [0.4, 0.5) is 0 Å². The summed E-state index contributed by atoms with van der Waals surface area (Å²) in [4.78, 5) is 14.8. The third kappa shape index (κ3) is 0.803. The molecule has 0 amide bonds. The molecule has 0 unspecified atom stereocenters. The number of hydrogen-bond acceptors (Lipinski definition) is 2. The van der Waals surface area contributed by atoms with Gasteiger partial charge >= 0.3 is 0 Å². The molecule has 0 aromatic carbocycles. The Morgan fingerprint density at radius 2 is 2.45 bits per heavy atom. The van der Waals surface area contributed by atoms with E-state index in [1.54, 1.807) is 6.20 Å². The smallest absolute Gasteiger partial charge is 0.133 e. The summed E-state index contributed by atoms with van der Waals surface area (Å²) in [6.45, 7) is 0. The zero-order chi connectivity index (χ0) is 7.90. The number of hydrogen-bond donors (Lipinski definition) is 0. The lowest BCUT2D eigenvalue weighted by molar-refractivity contribution is -0.110. The van der Waals surface area contributed by atoms with E-state index in [0.717, 1.165) is 25.0 Å². The lowest BCUT2D eigenvalue weighted by Crippen LogP contribution is -2.14. The topological polar surface area (TPSA) is 34.9 Å². The van der Waals surface area contributed by atoms with Crippen molar-refractivity contribution in [2.45, 2.75) is 18.3 Å². The normalized spacial score (nSPS) is 19.7. The Morgan fingerprint density at radius 3 is 2.82 bits per heavy atom. The minimum absolute atomic E-state index is 0.224. The van der Waals surface area contributed by atoms with Crippen molar-refractivity contribution >= 4 is 6.29 Å². The maximum Gasteiger partial charge on any atom is 0.133 e. The average Bonchev–Trinajstić information content (AvgIpc) is 2.70. The fourth-order valence-corrected chi connectivity index (χ4v) is 1.37. The number of imidazole rings is 1. The van der Waals surface area contributed by atoms with E-state index in [1.807, 2.05) is 17.8 Å². The first kappa shape index (κ1) is 6.58. The molecule has 58 valence electrons. The van der Waals surface area contributed by atoms with Crippen LogP contribution in [0.5, 0.6) is 0 Å². The second-order valence-corrected chi connectivity index (χ2v) is 3.14. The Balaban J connectivity index is 2.43. The van der Waals surface area contributed by atoms with Crippen LogP contribution in [0.2, 0.25) is 0 Å². The summed E-state index contributed by atoms with van der Waals surface area (Å²) in [5.74, 6) is 0.910. The first-order valence-corrected chi connectivity index (χ1v) is 3.73. The van der Waals surface area contributed by atoms with Gasteiger partial charge in [0.15, 0.2) is 0 Å². The maximum absolute atomic E-state index is 10.7. The largest absolute Gasteiger partial charge is 0.337 e. The van der Waals surface area contributed by atoms with Crippen LogP contribution < -0.4 is 0 Å². The molecule has 0 aliphatic heterocycles. The van der Waals surface area contributed by atoms with Gasteiger partial charge in [-0.2, -0.15) is 0 Å². The van der Waals surface area contributed by atoms with Crippen molar-refractivity contribution in [2.24, 2.45) is 7.05 Å². The highest BCUT2D eigenvalue weighted by Crippen LogP contribution is 2.44. The summed E-state index contributed by atoms with van der Waals surface area (Å²) in [6.07, 6.45) is 6.55. The molecular weight excluding hydrogens is 140 g/mol. The number of aromatic nitrogens is 2. The average molecular weight is 150 g/mol. The fraction of sp³-hybridized carbons (Fsp3) is 0.500. The van der Waals surface area contributed by atoms with Crippen LogP contribution in [0.15, 0.2) is 12.4 Å². The van der Waals surface area contributed by atoms with Crippen LogP contribution >= 0.6 is 0 Å². The Labute approximate surface area is 65.1 Å². The molecule has 3 heteroatoms. The quantitative estimate of drug-likeness (QED) is 0.580. The minimum atomic E-state index is -0.224. The van der Waals surface area contributed by atoms with Gasteiger partial charge in [0.2, 0.25) is 0 Å². The zero-order valence-electron chi connectivity index (χ0n) is 6.45. The fourth-order valence-electron chi connectivity index (χ4n) is 1.37. The summed E-state index contributed by atoms with van der Waals surface area (Å²) in [6, 6.07) is 0. The maximum atomic E-state index is 10.7. The molecule has 1 aliphatic rings. The van der Waals surface area contributed by atoms with Crippen LogP contribution in [0.1, 0.15) is 18.7 Å². The number of rotatable bonds is 2. The number of aryl methyl sites for hydroxylation is 1. The molecule has 1 aromatic rings. The third-order valence-electron chi connectivity index (χ3n) is 2.28. The van der Waals surface area contributed by atoms with Crippen molar-refractivity contribution in [3.05, 3.63) is 18.2 Å². The molecule has 0 saturated heterocycles. The Hall–Kier alpha value is -1.12. The van der Waals surface area contributed by atoms with Gasteiger partial charge in [-0.3, -0.25) is 0 Å². The lowest BCUT2D eigenvalue weighted by atomic mass is 10.1. The second kappa shape index (κ2) is 1.94. The van der Waals surface area contributed by atoms with Gasteiger partial charge in [-0.1, -0.05) is 0 Å². The van der Waals surface area contributed by atoms with Gasteiger partial charge in [-0.15, -0.1) is 0 Å². The predicted octanol–water partition coefficient (Wildman–Crippen LogP) is 0.651. The molecule has 11 heavy (non-hydrogen) atoms. The summed E-state index contributed by atoms with van der Waals surface area (Å²) in [7, 11) is 1.92. The molecule has 0 bridgehead atoms. The van der Waals surface area contributed by atoms with Gasteiger partial charge in [0.05, 0.1) is 5.41 Å². The van der Waals surface area contributed by atoms with Crippen molar-refractivity contribution in [1.82, 2.24) is 9.55 Å². The SMILES string of the molecule is Cn1ccnc1C1(C=O)CC1. The molecule has 2 rings (SSSR count). The molecule has 0 atom stereocenters. The van der Waals surface area contributed by atoms with E-state index in [1.165, 1.54) is 0 Å². The van der Waals surface area contributed by atoms with Crippen molar-refractivity contribution in [3.63, 3.8) is 0 Å². The highest BCUT2D eigenvalue weighted by molar-refractivity contribution is 5.71. The first-order chi connectivity index (χ1) is 5.28. The minimum Gasteiger partial charge on any atom is -0.337 e. The summed E-state index contributed by atoms with van der Waals surface area (Å²) >= 11 is 0. The Kier molecular flexibility index (Phi) is 1.16. The van der Waals surface area contributed by atoms with E-state index in [9.17, 15) is 4.79 Å². The van der Waals surface area contributed by atoms with Gasteiger partial charge < -0.3 is 9.36 Å². The third-order valence-corrected chi connectivity index (χ3v) is 2.28. The van der Waals surface area contributed by atoms with Gasteiger partial charge in [0.25, 0.3) is 0 Å². The summed E-state index contributed by atoms with van der Waals surface area (Å²) in [5.41, 5.74) is -0.224. The van der Waals surface area contributed by atoms with Crippen LogP contribution in [0.3, 0.4) is 0 Å². The molecule has 0 N–H and O–H groups in total. The van der Waals surface area contributed by atoms with E-state index < -0.39 is 0 Å². The molecule has 1 heterocycles. The van der Waals surface area contributed by atoms with Gasteiger partial charge in [0, 0.05) is 19.4 Å². The first-order valence-electron chi connectivity index (χ1n) is 3.73. The van der Waals surface area contributed by atoms with Gasteiger partial charge in [0.1, 0.15) is 12.1 Å². The molecule has 0 radical (unpaired) electrons. The zero-order valence-corrected chi connectivity index (χ0v) is 6.45. The molecule has 1 aromatic heterocycles. The van der Waals surface area contributed by atoms with Crippen molar-refractivity contribution in [1.29, 1.82) is 0 Å². The Bertz CT molecular complexity index is 286. The van der Waals surface area contributed by atoms with E-state index in [4.69, 9.17) is 0 Å². The molecule has 1 saturated carbocycles. The molecule has 0 spiro atoms. The highest BCUT2D eigenvalue weighted by atomic mass is 16.1. The summed E-state index contributed by atoms with van der Waals surface area (Å²) < 4.78 is 1.92. The van der Waals surface area contributed by atoms with Crippen molar-refractivity contribution < 1.29 is 4.79 Å². The van der Waals surface area contributed by atoms with Crippen molar-refractivity contribution in [2.75, 3.05) is 0 Å². The monoisotopic (exact) mass is 150 g/mol. The van der Waals surface area contributed by atoms with Gasteiger partial charge in [-0.05, 0) is 12.8 Å². The van der Waals surface area contributed by atoms with Crippen LogP contribution in [0, 0.1) is 0 Å². The number of aldehydes is 1. The number of carbonyl (C=O) groups is 1. The van der Waals surface area contributed by atoms with E-state index >= 15 is 0 Å². The molecule has 3 nitrogen and oxygen atoms in total. The number of nitrogens with zero attached hydrogens (tertiary/aromatic N) is 2. The second-order valence-electron chi connectivity index (χ2n) is 3.14. The Morgan fingerprint density at radius 1 is 1.73 bits per heavy atom. The van der Waals surface area contributed by atoms with E-state index in [-0.39, 0.29) is 5.41 Å². The summed E-state index contributed by atoms with van der Waals surface area (Å²) in [5, 5.41) is 0. The molecular formula is C8H10N2O. The lowest BCUT2D eigenvalue weighted by Gasteiger charge is -2.05. The standard InChI is InChI=1S/C8H10N2O/c1-10-5-4-9-7(10)8(6-11)2-3-8/h4-6H,2-3H2,1H3. The van der Waals surface area contributed by atoms with E-state index in [0.29, 0.717) is 0 Å². The van der Waals surface area contributed by atoms with Crippen molar-refractivity contribution in [3.8, 4) is 0 Å². The molecule has 1 fully saturated rings. The number of carbonyl (C=O) groups excluding carboxylic acids is 1. The predicted molar refractivity (Wildman–Crippen MR) is 40.2 cm³/mol. The van der Waals surface area contributed by atoms with E-state index in [2.05, 4.69) is 4.98 Å². The van der Waals surface area contributed by atoms with Crippen LogP contribution in [0.25, 0.3) is 0 Å². The van der Waals surface area contributed by atoms with Gasteiger partial charge in [-0.25, -0.2) is 4.98 Å². The van der Waals surface area contributed by atoms with Crippen LogP contribution in [-0.2, 0) is 17.3 Å². The molecule has 1 aliphatic carbocycles. The highest BCUT2D eigenvalue weighted by Gasteiger charge is 2.47.